The first-order valence-corrected chi connectivity index (χ1v) is 9.48. The number of carbonyl (C=O) groups is 1. The summed E-state index contributed by atoms with van der Waals surface area (Å²) in [5.74, 6) is 0.628. The van der Waals surface area contributed by atoms with Gasteiger partial charge in [-0.15, -0.1) is 0 Å². The van der Waals surface area contributed by atoms with E-state index in [1.54, 1.807) is 12.1 Å². The highest BCUT2D eigenvalue weighted by atomic mass is 35.5. The third-order valence-electron chi connectivity index (χ3n) is 4.86. The molecule has 0 aliphatic carbocycles. The average molecular weight is 373 g/mol. The van der Waals surface area contributed by atoms with E-state index in [0.29, 0.717) is 23.1 Å². The number of rotatable bonds is 5. The number of likely N-dealkylation sites (tertiary alicyclic amines) is 1. The van der Waals surface area contributed by atoms with Gasteiger partial charge in [-0.25, -0.2) is 4.79 Å². The van der Waals surface area contributed by atoms with Gasteiger partial charge in [0.25, 0.3) is 0 Å². The highest BCUT2D eigenvalue weighted by molar-refractivity contribution is 6.32. The highest BCUT2D eigenvalue weighted by Gasteiger charge is 2.31. The molecule has 1 aliphatic heterocycles. The van der Waals surface area contributed by atoms with Crippen molar-refractivity contribution in [2.45, 2.75) is 45.2 Å². The Morgan fingerprint density at radius 2 is 1.85 bits per heavy atom. The zero-order chi connectivity index (χ0) is 18.5. The second-order valence-corrected chi connectivity index (χ2v) is 7.25. The molecule has 2 atom stereocenters. The number of amides is 2. The van der Waals surface area contributed by atoms with Crippen molar-refractivity contribution in [3.8, 4) is 5.75 Å². The largest absolute Gasteiger partial charge is 0.492 e. The molecule has 2 amide bonds. The third-order valence-corrected chi connectivity index (χ3v) is 5.16. The van der Waals surface area contributed by atoms with E-state index >= 15 is 0 Å². The number of carbonyl (C=O) groups excluding carboxylic acids is 1. The van der Waals surface area contributed by atoms with E-state index in [-0.39, 0.29) is 18.1 Å². The SMILES string of the molecule is CC1CCC(C)N1C(=O)Nc1ccc(OCCc2ccccc2)c(Cl)c1. The first-order valence-electron chi connectivity index (χ1n) is 9.10. The number of urea groups is 1. The molecule has 1 heterocycles. The van der Waals surface area contributed by atoms with Crippen LogP contribution < -0.4 is 10.1 Å². The summed E-state index contributed by atoms with van der Waals surface area (Å²) >= 11 is 6.32. The van der Waals surface area contributed by atoms with Crippen molar-refractivity contribution in [1.29, 1.82) is 0 Å². The number of hydrogen-bond acceptors (Lipinski definition) is 2. The maximum atomic E-state index is 12.5. The van der Waals surface area contributed by atoms with Crippen molar-refractivity contribution in [2.24, 2.45) is 0 Å². The Labute approximate surface area is 160 Å². The minimum Gasteiger partial charge on any atom is -0.492 e. The van der Waals surface area contributed by atoms with Gasteiger partial charge in [0, 0.05) is 24.2 Å². The lowest BCUT2D eigenvalue weighted by Gasteiger charge is -2.26. The summed E-state index contributed by atoms with van der Waals surface area (Å²) in [6.07, 6.45) is 2.91. The minimum absolute atomic E-state index is 0.0729. The molecule has 1 aliphatic rings. The quantitative estimate of drug-likeness (QED) is 0.766. The van der Waals surface area contributed by atoms with Crippen molar-refractivity contribution in [3.63, 3.8) is 0 Å². The van der Waals surface area contributed by atoms with Gasteiger partial charge in [0.05, 0.1) is 11.6 Å². The lowest BCUT2D eigenvalue weighted by atomic mass is 10.2. The van der Waals surface area contributed by atoms with Crippen LogP contribution in [0.15, 0.2) is 48.5 Å². The molecule has 4 nitrogen and oxygen atoms in total. The summed E-state index contributed by atoms with van der Waals surface area (Å²) < 4.78 is 5.78. The number of benzene rings is 2. The predicted molar refractivity (Wildman–Crippen MR) is 106 cm³/mol. The topological polar surface area (TPSA) is 41.6 Å². The lowest BCUT2D eigenvalue weighted by molar-refractivity contribution is 0.194. The van der Waals surface area contributed by atoms with E-state index in [4.69, 9.17) is 16.3 Å². The van der Waals surface area contributed by atoms with E-state index < -0.39 is 0 Å². The van der Waals surface area contributed by atoms with Gasteiger partial charge in [0.1, 0.15) is 5.75 Å². The van der Waals surface area contributed by atoms with Crippen LogP contribution in [-0.4, -0.2) is 29.6 Å². The summed E-state index contributed by atoms with van der Waals surface area (Å²) in [4.78, 5) is 14.4. The van der Waals surface area contributed by atoms with E-state index in [0.717, 1.165) is 19.3 Å². The summed E-state index contributed by atoms with van der Waals surface area (Å²) in [7, 11) is 0. The third kappa shape index (κ3) is 4.50. The summed E-state index contributed by atoms with van der Waals surface area (Å²) in [5.41, 5.74) is 1.91. The Morgan fingerprint density at radius 3 is 2.50 bits per heavy atom. The standard InChI is InChI=1S/C21H25ClN2O2/c1-15-8-9-16(2)24(15)21(25)23-18-10-11-20(19(22)14-18)26-13-12-17-6-4-3-5-7-17/h3-7,10-11,14-16H,8-9,12-13H2,1-2H3,(H,23,25). The monoisotopic (exact) mass is 372 g/mol. The molecule has 1 saturated heterocycles. The maximum Gasteiger partial charge on any atom is 0.322 e. The van der Waals surface area contributed by atoms with Gasteiger partial charge in [-0.1, -0.05) is 41.9 Å². The first-order chi connectivity index (χ1) is 12.5. The van der Waals surface area contributed by atoms with Crippen molar-refractivity contribution < 1.29 is 9.53 Å². The average Bonchev–Trinajstić information content (AvgIpc) is 2.96. The van der Waals surface area contributed by atoms with Gasteiger partial charge in [-0.2, -0.15) is 0 Å². The molecule has 1 fully saturated rings. The summed E-state index contributed by atoms with van der Waals surface area (Å²) in [6.45, 7) is 4.72. The van der Waals surface area contributed by atoms with Crippen LogP contribution in [0.5, 0.6) is 5.75 Å². The maximum absolute atomic E-state index is 12.5. The van der Waals surface area contributed by atoms with Gasteiger partial charge in [-0.05, 0) is 50.5 Å². The Kier molecular flexibility index (Phi) is 6.04. The van der Waals surface area contributed by atoms with Gasteiger partial charge < -0.3 is 15.0 Å². The minimum atomic E-state index is -0.0729. The van der Waals surface area contributed by atoms with Crippen molar-refractivity contribution >= 4 is 23.3 Å². The summed E-state index contributed by atoms with van der Waals surface area (Å²) in [6, 6.07) is 16.0. The van der Waals surface area contributed by atoms with Gasteiger partial charge in [0.15, 0.2) is 0 Å². The van der Waals surface area contributed by atoms with E-state index in [1.165, 1.54) is 5.56 Å². The van der Waals surface area contributed by atoms with Crippen LogP contribution in [0.2, 0.25) is 5.02 Å². The van der Waals surface area contributed by atoms with E-state index in [2.05, 4.69) is 31.3 Å². The molecular formula is C21H25ClN2O2. The highest BCUT2D eigenvalue weighted by Crippen LogP contribution is 2.29. The molecule has 2 aromatic rings. The first kappa shape index (κ1) is 18.6. The number of hydrogen-bond donors (Lipinski definition) is 1. The second kappa shape index (κ2) is 8.45. The van der Waals surface area contributed by atoms with Crippen LogP contribution >= 0.6 is 11.6 Å². The van der Waals surface area contributed by atoms with Crippen molar-refractivity contribution in [1.82, 2.24) is 4.90 Å². The molecule has 0 radical (unpaired) electrons. The smallest absolute Gasteiger partial charge is 0.322 e. The Balaban J connectivity index is 1.56. The van der Waals surface area contributed by atoms with E-state index in [1.807, 2.05) is 29.2 Å². The number of ether oxygens (including phenoxy) is 1. The molecule has 0 saturated carbocycles. The van der Waals surface area contributed by atoms with Crippen molar-refractivity contribution in [3.05, 3.63) is 59.1 Å². The summed E-state index contributed by atoms with van der Waals surface area (Å²) in [5, 5.41) is 3.44. The van der Waals surface area contributed by atoms with Gasteiger partial charge in [0.2, 0.25) is 0 Å². The molecule has 3 rings (SSSR count). The zero-order valence-corrected chi connectivity index (χ0v) is 16.0. The van der Waals surface area contributed by atoms with Crippen LogP contribution in [-0.2, 0) is 6.42 Å². The molecule has 5 heteroatoms. The molecule has 2 aromatic carbocycles. The van der Waals surface area contributed by atoms with Crippen LogP contribution in [0.4, 0.5) is 10.5 Å². The fourth-order valence-corrected chi connectivity index (χ4v) is 3.64. The zero-order valence-electron chi connectivity index (χ0n) is 15.2. The van der Waals surface area contributed by atoms with Crippen LogP contribution in [0.1, 0.15) is 32.3 Å². The Bertz CT molecular complexity index is 741. The van der Waals surface area contributed by atoms with E-state index in [9.17, 15) is 4.79 Å². The number of nitrogens with zero attached hydrogens (tertiary/aromatic N) is 1. The second-order valence-electron chi connectivity index (χ2n) is 6.84. The van der Waals surface area contributed by atoms with Crippen LogP contribution in [0.25, 0.3) is 0 Å². The number of nitrogens with one attached hydrogen (secondary N) is 1. The molecule has 1 N–H and O–H groups in total. The fourth-order valence-electron chi connectivity index (χ4n) is 3.40. The van der Waals surface area contributed by atoms with Crippen LogP contribution in [0.3, 0.4) is 0 Å². The normalized spacial score (nSPS) is 19.4. The Hall–Kier alpha value is -2.20. The van der Waals surface area contributed by atoms with Gasteiger partial charge in [-0.3, -0.25) is 0 Å². The molecule has 2 unspecified atom stereocenters. The predicted octanol–water partition coefficient (Wildman–Crippen LogP) is 5.37. The molecule has 138 valence electrons. The number of anilines is 1. The van der Waals surface area contributed by atoms with Gasteiger partial charge >= 0.3 is 6.03 Å². The molecule has 0 aromatic heterocycles. The van der Waals surface area contributed by atoms with Crippen LogP contribution in [0, 0.1) is 0 Å². The molecule has 26 heavy (non-hydrogen) atoms. The Morgan fingerprint density at radius 1 is 1.15 bits per heavy atom. The number of halogens is 1. The molecule has 0 spiro atoms. The molecular weight excluding hydrogens is 348 g/mol. The molecule has 0 bridgehead atoms. The lowest BCUT2D eigenvalue weighted by Crippen LogP contribution is -2.41. The fraction of sp³-hybridized carbons (Fsp3) is 0.381. The van der Waals surface area contributed by atoms with Crippen molar-refractivity contribution in [2.75, 3.05) is 11.9 Å².